The molecule has 7 aromatic rings. The van der Waals surface area contributed by atoms with Crippen LogP contribution >= 0.6 is 0 Å². The fraction of sp³-hybridized carbons (Fsp3) is 0.0526. The molecule has 0 atom stereocenters. The minimum atomic E-state index is 1.09. The number of allylic oxidation sites excluding steroid dienone is 5. The monoisotopic (exact) mass is 526 g/mol. The van der Waals surface area contributed by atoms with Gasteiger partial charge in [-0.05, 0) is 66.1 Å². The zero-order chi connectivity index (χ0) is 26.9. The molecule has 1 aliphatic heterocycles. The first-order valence-electron chi connectivity index (χ1n) is 14.4. The maximum absolute atomic E-state index is 2.45. The molecule has 41 heavy (non-hydrogen) atoms. The summed E-state index contributed by atoms with van der Waals surface area (Å²) in [5, 5.41) is 7.40. The predicted molar refractivity (Wildman–Crippen MR) is 170 cm³/mol. The van der Waals surface area contributed by atoms with Gasteiger partial charge in [0.15, 0.2) is 0 Å². The van der Waals surface area contributed by atoms with Crippen LogP contribution in [0.15, 0.2) is 145 Å². The van der Waals surface area contributed by atoms with Gasteiger partial charge < -0.3 is 9.13 Å². The van der Waals surface area contributed by atoms with Crippen molar-refractivity contribution >= 4 is 49.2 Å². The van der Waals surface area contributed by atoms with Gasteiger partial charge in [0.2, 0.25) is 0 Å². The summed E-state index contributed by atoms with van der Waals surface area (Å²) >= 11 is 0. The average Bonchev–Trinajstić information content (AvgIpc) is 3.73. The minimum Gasteiger partial charge on any atom is -0.309 e. The average molecular weight is 527 g/mol. The minimum absolute atomic E-state index is 1.09. The molecule has 5 aromatic carbocycles. The van der Waals surface area contributed by atoms with E-state index in [2.05, 4.69) is 148 Å². The molecule has 0 amide bonds. The van der Waals surface area contributed by atoms with Crippen molar-refractivity contribution in [2.24, 2.45) is 0 Å². The van der Waals surface area contributed by atoms with Crippen LogP contribution in [-0.4, -0.2) is 9.13 Å². The summed E-state index contributed by atoms with van der Waals surface area (Å²) in [4.78, 5) is 0. The Kier molecular flexibility index (Phi) is 4.80. The fourth-order valence-electron chi connectivity index (χ4n) is 7.07. The Labute approximate surface area is 237 Å². The van der Waals surface area contributed by atoms with E-state index in [1.165, 1.54) is 77.4 Å². The van der Waals surface area contributed by atoms with E-state index in [-0.39, 0.29) is 0 Å². The zero-order valence-electron chi connectivity index (χ0n) is 22.6. The van der Waals surface area contributed by atoms with Crippen molar-refractivity contribution in [1.82, 2.24) is 9.13 Å². The molecule has 2 N–H and O–H groups in total. The van der Waals surface area contributed by atoms with Crippen molar-refractivity contribution in [3.8, 4) is 11.4 Å². The van der Waals surface area contributed by atoms with Crippen LogP contribution < -0.4 is 5.32 Å². The Morgan fingerprint density at radius 2 is 1.20 bits per heavy atom. The van der Waals surface area contributed by atoms with Gasteiger partial charge in [0.25, 0.3) is 0 Å². The summed E-state index contributed by atoms with van der Waals surface area (Å²) in [5.74, 6) is 0. The van der Waals surface area contributed by atoms with Crippen LogP contribution in [0.25, 0.3) is 60.6 Å². The van der Waals surface area contributed by atoms with Gasteiger partial charge >= 0.3 is 0 Å². The van der Waals surface area contributed by atoms with E-state index < -0.39 is 0 Å². The van der Waals surface area contributed by atoms with E-state index in [1.54, 1.807) is 0 Å². The second-order valence-electron chi connectivity index (χ2n) is 11.1. The number of hydrogen-bond acceptors (Lipinski definition) is 0. The fourth-order valence-corrected chi connectivity index (χ4v) is 7.07. The summed E-state index contributed by atoms with van der Waals surface area (Å²) in [7, 11) is 0. The van der Waals surface area contributed by atoms with Gasteiger partial charge in [-0.2, -0.15) is 0 Å². The highest BCUT2D eigenvalue weighted by Gasteiger charge is 2.23. The smallest absolute Gasteiger partial charge is 0.118 e. The van der Waals surface area contributed by atoms with Crippen LogP contribution in [-0.2, 0) is 0 Å². The second kappa shape index (κ2) is 8.69. The Bertz CT molecular complexity index is 2270. The molecule has 3 heterocycles. The molecule has 0 radical (unpaired) electrons. The number of para-hydroxylation sites is 3. The molecule has 2 aromatic heterocycles. The SMILES string of the molecule is C1=CC2=C(CCC=C2c2cccc(-n3c4ccccc4c4cc5c6ccccc6n(-c6ccccc6)c5cc43)c2)[NH2+]1. The maximum Gasteiger partial charge on any atom is 0.118 e. The van der Waals surface area contributed by atoms with E-state index in [0.717, 1.165) is 12.8 Å². The molecule has 3 heteroatoms. The third kappa shape index (κ3) is 3.30. The summed E-state index contributed by atoms with van der Waals surface area (Å²) in [6, 6.07) is 42.2. The number of benzene rings is 5. The van der Waals surface area contributed by atoms with Crippen molar-refractivity contribution in [3.63, 3.8) is 0 Å². The highest BCUT2D eigenvalue weighted by atomic mass is 15.0. The lowest BCUT2D eigenvalue weighted by Gasteiger charge is -2.16. The molecule has 0 unspecified atom stereocenters. The van der Waals surface area contributed by atoms with Crippen molar-refractivity contribution in [1.29, 1.82) is 0 Å². The third-order valence-electron chi connectivity index (χ3n) is 8.85. The Morgan fingerprint density at radius 3 is 1.95 bits per heavy atom. The number of nitrogens with zero attached hydrogens (tertiary/aromatic N) is 2. The molecule has 194 valence electrons. The lowest BCUT2D eigenvalue weighted by Crippen LogP contribution is -2.74. The van der Waals surface area contributed by atoms with Gasteiger partial charge in [-0.3, -0.25) is 5.32 Å². The van der Waals surface area contributed by atoms with Crippen LogP contribution in [0.3, 0.4) is 0 Å². The third-order valence-corrected chi connectivity index (χ3v) is 8.85. The van der Waals surface area contributed by atoms with E-state index in [1.807, 2.05) is 0 Å². The topological polar surface area (TPSA) is 26.5 Å². The molecule has 0 spiro atoms. The van der Waals surface area contributed by atoms with Gasteiger partial charge in [0.1, 0.15) is 5.70 Å². The Morgan fingerprint density at radius 1 is 0.537 bits per heavy atom. The lowest BCUT2D eigenvalue weighted by atomic mass is 9.90. The molecule has 2 aliphatic rings. The van der Waals surface area contributed by atoms with Gasteiger partial charge in [0, 0.05) is 51.0 Å². The number of aromatic nitrogens is 2. The Balaban J connectivity index is 1.35. The first-order valence-corrected chi connectivity index (χ1v) is 14.4. The van der Waals surface area contributed by atoms with Crippen molar-refractivity contribution in [3.05, 3.63) is 150 Å². The molecule has 3 nitrogen and oxygen atoms in total. The molecule has 0 saturated heterocycles. The molecular weight excluding hydrogens is 498 g/mol. The van der Waals surface area contributed by atoms with Crippen molar-refractivity contribution < 1.29 is 5.32 Å². The standard InChI is InChI=1S/C38H27N3/c1-2-11-26(12-3-1)40-35-18-6-4-14-30(35)32-23-33-31-15-5-7-19-36(31)41(38(33)24-37(32)40)27-13-8-10-25(22-27)28-16-9-17-34-29(28)20-21-39-34/h1-8,10-16,18-24,39H,9,17H2/p+1. The largest absolute Gasteiger partial charge is 0.309 e. The Hall–Kier alpha value is -5.12. The second-order valence-corrected chi connectivity index (χ2v) is 11.1. The first-order chi connectivity index (χ1) is 20.3. The molecular formula is C38H28N3+. The maximum atomic E-state index is 2.45. The highest BCUT2D eigenvalue weighted by Crippen LogP contribution is 2.40. The molecule has 0 bridgehead atoms. The van der Waals surface area contributed by atoms with Crippen LogP contribution in [0.1, 0.15) is 18.4 Å². The summed E-state index contributed by atoms with van der Waals surface area (Å²) < 4.78 is 4.86. The van der Waals surface area contributed by atoms with Crippen LogP contribution in [0.4, 0.5) is 0 Å². The van der Waals surface area contributed by atoms with E-state index in [0.29, 0.717) is 0 Å². The van der Waals surface area contributed by atoms with Crippen LogP contribution in [0, 0.1) is 0 Å². The predicted octanol–water partition coefficient (Wildman–Crippen LogP) is 8.40. The number of quaternary nitrogens is 1. The molecule has 1 aliphatic carbocycles. The van der Waals surface area contributed by atoms with E-state index in [9.17, 15) is 0 Å². The van der Waals surface area contributed by atoms with Gasteiger partial charge in [-0.1, -0.05) is 72.8 Å². The zero-order valence-corrected chi connectivity index (χ0v) is 22.6. The number of hydrogen-bond donors (Lipinski definition) is 1. The quantitative estimate of drug-likeness (QED) is 0.239. The van der Waals surface area contributed by atoms with Crippen molar-refractivity contribution in [2.75, 3.05) is 0 Å². The summed E-state index contributed by atoms with van der Waals surface area (Å²) in [5.41, 5.74) is 12.7. The van der Waals surface area contributed by atoms with Gasteiger partial charge in [0.05, 0.1) is 28.3 Å². The van der Waals surface area contributed by atoms with E-state index in [4.69, 9.17) is 0 Å². The van der Waals surface area contributed by atoms with E-state index >= 15 is 0 Å². The number of fused-ring (bicyclic) bond motifs is 6. The normalized spacial score (nSPS) is 15.0. The molecule has 0 fully saturated rings. The lowest BCUT2D eigenvalue weighted by molar-refractivity contribution is -0.533. The van der Waals surface area contributed by atoms with Gasteiger partial charge in [-0.25, -0.2) is 0 Å². The first kappa shape index (κ1) is 22.7. The van der Waals surface area contributed by atoms with Gasteiger partial charge in [-0.15, -0.1) is 0 Å². The summed E-state index contributed by atoms with van der Waals surface area (Å²) in [6.07, 6.45) is 9.09. The van der Waals surface area contributed by atoms with Crippen molar-refractivity contribution in [2.45, 2.75) is 12.8 Å². The summed E-state index contributed by atoms with van der Waals surface area (Å²) in [6.45, 7) is 0. The number of nitrogens with two attached hydrogens (primary N) is 1. The molecule has 9 rings (SSSR count). The van der Waals surface area contributed by atoms with Crippen LogP contribution in [0.2, 0.25) is 0 Å². The highest BCUT2D eigenvalue weighted by molar-refractivity contribution is 6.19. The molecule has 0 saturated carbocycles. The number of rotatable bonds is 3. The van der Waals surface area contributed by atoms with Crippen LogP contribution in [0.5, 0.6) is 0 Å².